The number of carbonyl (C=O) groups excluding carboxylic acids is 2. The highest BCUT2D eigenvalue weighted by molar-refractivity contribution is 6.07. The van der Waals surface area contributed by atoms with Crippen LogP contribution in [-0.4, -0.2) is 28.8 Å². The molecule has 1 saturated heterocycles. The zero-order valence-corrected chi connectivity index (χ0v) is 12.6. The predicted octanol–water partition coefficient (Wildman–Crippen LogP) is 2.86. The summed E-state index contributed by atoms with van der Waals surface area (Å²) in [4.78, 5) is 25.9. The number of aryl methyl sites for hydroxylation is 1. The van der Waals surface area contributed by atoms with Crippen molar-refractivity contribution in [3.05, 3.63) is 29.6 Å². The van der Waals surface area contributed by atoms with Gasteiger partial charge in [-0.25, -0.2) is 4.39 Å². The van der Waals surface area contributed by atoms with Crippen LogP contribution in [0.4, 0.5) is 10.1 Å². The summed E-state index contributed by atoms with van der Waals surface area (Å²) in [6.45, 7) is 5.71. The fourth-order valence-electron chi connectivity index (χ4n) is 2.78. The van der Waals surface area contributed by atoms with Crippen LogP contribution in [0, 0.1) is 12.7 Å². The molecule has 4 nitrogen and oxygen atoms in total. The molecule has 1 heterocycles. The van der Waals surface area contributed by atoms with Gasteiger partial charge >= 0.3 is 0 Å². The minimum Gasteiger partial charge on any atom is -0.373 e. The number of hydrogen-bond donors (Lipinski definition) is 1. The molecule has 1 aromatic rings. The Morgan fingerprint density at radius 2 is 2.00 bits per heavy atom. The van der Waals surface area contributed by atoms with E-state index in [1.807, 2.05) is 13.8 Å². The van der Waals surface area contributed by atoms with Crippen LogP contribution in [0.25, 0.3) is 0 Å². The van der Waals surface area contributed by atoms with Gasteiger partial charge in [-0.1, -0.05) is 13.8 Å². The summed E-state index contributed by atoms with van der Waals surface area (Å²) in [5, 5.41) is 3.07. The Labute approximate surface area is 124 Å². The van der Waals surface area contributed by atoms with Gasteiger partial charge in [0.05, 0.1) is 6.42 Å². The number of carbonyl (C=O) groups is 2. The second-order valence-electron chi connectivity index (χ2n) is 5.43. The van der Waals surface area contributed by atoms with E-state index in [4.69, 9.17) is 0 Å². The minimum atomic E-state index is -0.553. The second-order valence-corrected chi connectivity index (χ2v) is 5.43. The van der Waals surface area contributed by atoms with E-state index in [0.29, 0.717) is 5.69 Å². The number of benzene rings is 1. The molecule has 0 spiro atoms. The molecule has 0 radical (unpaired) electrons. The predicted molar refractivity (Wildman–Crippen MR) is 79.4 cm³/mol. The Morgan fingerprint density at radius 3 is 2.57 bits per heavy atom. The first kappa shape index (κ1) is 15.5. The molecular weight excluding hydrogens is 271 g/mol. The highest BCUT2D eigenvalue weighted by atomic mass is 19.1. The van der Waals surface area contributed by atoms with Gasteiger partial charge in [0.2, 0.25) is 5.91 Å². The van der Waals surface area contributed by atoms with E-state index in [-0.39, 0.29) is 30.1 Å². The maximum absolute atomic E-state index is 13.1. The molecule has 1 atom stereocenters. The van der Waals surface area contributed by atoms with Crippen molar-refractivity contribution in [3.8, 4) is 0 Å². The van der Waals surface area contributed by atoms with Crippen LogP contribution in [0.5, 0.6) is 0 Å². The highest BCUT2D eigenvalue weighted by Gasteiger charge is 2.41. The number of likely N-dealkylation sites (tertiary alicyclic amines) is 1. The van der Waals surface area contributed by atoms with Gasteiger partial charge in [-0.2, -0.15) is 0 Å². The molecule has 1 aliphatic rings. The van der Waals surface area contributed by atoms with E-state index in [9.17, 15) is 14.0 Å². The lowest BCUT2D eigenvalue weighted by Gasteiger charge is -2.24. The lowest BCUT2D eigenvalue weighted by molar-refractivity contribution is -0.141. The molecule has 1 N–H and O–H groups in total. The summed E-state index contributed by atoms with van der Waals surface area (Å²) >= 11 is 0. The highest BCUT2D eigenvalue weighted by Crippen LogP contribution is 2.24. The van der Waals surface area contributed by atoms with Crippen molar-refractivity contribution in [2.24, 2.45) is 0 Å². The lowest BCUT2D eigenvalue weighted by atomic mass is 10.1. The zero-order valence-electron chi connectivity index (χ0n) is 12.6. The van der Waals surface area contributed by atoms with Crippen LogP contribution < -0.4 is 5.32 Å². The van der Waals surface area contributed by atoms with Gasteiger partial charge in [0, 0.05) is 11.7 Å². The minimum absolute atomic E-state index is 0.0360. The summed E-state index contributed by atoms with van der Waals surface area (Å²) < 4.78 is 13.1. The van der Waals surface area contributed by atoms with Crippen molar-refractivity contribution in [3.63, 3.8) is 0 Å². The average molecular weight is 292 g/mol. The lowest BCUT2D eigenvalue weighted by Crippen LogP contribution is -2.41. The quantitative estimate of drug-likeness (QED) is 0.849. The van der Waals surface area contributed by atoms with E-state index in [1.165, 1.54) is 17.0 Å². The number of imide groups is 1. The smallest absolute Gasteiger partial charge is 0.252 e. The third-order valence-corrected chi connectivity index (χ3v) is 4.01. The Balaban J connectivity index is 2.15. The molecule has 1 aliphatic heterocycles. The molecule has 0 aliphatic carbocycles. The largest absolute Gasteiger partial charge is 0.373 e. The molecule has 0 aromatic heterocycles. The molecule has 2 amide bonds. The molecule has 0 saturated carbocycles. The van der Waals surface area contributed by atoms with Crippen LogP contribution in [-0.2, 0) is 9.59 Å². The molecule has 2 rings (SSSR count). The van der Waals surface area contributed by atoms with Gasteiger partial charge in [-0.3, -0.25) is 14.5 Å². The van der Waals surface area contributed by atoms with Crippen molar-refractivity contribution in [2.75, 3.05) is 5.32 Å². The Hall–Kier alpha value is -1.91. The monoisotopic (exact) mass is 292 g/mol. The first-order valence-electron chi connectivity index (χ1n) is 7.36. The van der Waals surface area contributed by atoms with E-state index in [2.05, 4.69) is 5.32 Å². The van der Waals surface area contributed by atoms with Crippen molar-refractivity contribution < 1.29 is 14.0 Å². The maximum Gasteiger partial charge on any atom is 0.252 e. The average Bonchev–Trinajstić information content (AvgIpc) is 2.71. The standard InChI is InChI=1S/C16H21FN2O2/c1-4-12(5-2)19-15(20)9-14(16(19)21)18-13-7-6-11(17)8-10(13)3/h6-8,12,14,18H,4-5,9H2,1-3H3. The molecular formula is C16H21FN2O2. The van der Waals surface area contributed by atoms with E-state index < -0.39 is 6.04 Å². The fraction of sp³-hybridized carbons (Fsp3) is 0.500. The van der Waals surface area contributed by atoms with Crippen molar-refractivity contribution in [1.82, 2.24) is 4.90 Å². The normalized spacial score (nSPS) is 18.7. The molecule has 1 unspecified atom stereocenters. The van der Waals surface area contributed by atoms with Crippen LogP contribution in [0.1, 0.15) is 38.7 Å². The Bertz CT molecular complexity index is 555. The number of nitrogens with one attached hydrogen (secondary N) is 1. The summed E-state index contributed by atoms with van der Waals surface area (Å²) in [6, 6.07) is 3.76. The first-order chi connectivity index (χ1) is 9.97. The van der Waals surface area contributed by atoms with Crippen LogP contribution in [0.3, 0.4) is 0 Å². The van der Waals surface area contributed by atoms with Gasteiger partial charge in [-0.05, 0) is 43.5 Å². The second kappa shape index (κ2) is 6.24. The third-order valence-electron chi connectivity index (χ3n) is 4.01. The maximum atomic E-state index is 13.1. The fourth-order valence-corrected chi connectivity index (χ4v) is 2.78. The van der Waals surface area contributed by atoms with E-state index in [1.54, 1.807) is 13.0 Å². The third kappa shape index (κ3) is 3.06. The van der Waals surface area contributed by atoms with Gasteiger partial charge in [0.15, 0.2) is 0 Å². The molecule has 0 bridgehead atoms. The van der Waals surface area contributed by atoms with Crippen LogP contribution in [0.15, 0.2) is 18.2 Å². The number of rotatable bonds is 5. The number of amides is 2. The number of nitrogens with zero attached hydrogens (tertiary/aromatic N) is 1. The summed E-state index contributed by atoms with van der Waals surface area (Å²) in [6.07, 6.45) is 1.68. The van der Waals surface area contributed by atoms with Crippen molar-refractivity contribution in [1.29, 1.82) is 0 Å². The van der Waals surface area contributed by atoms with Crippen molar-refractivity contribution >= 4 is 17.5 Å². The van der Waals surface area contributed by atoms with Crippen molar-refractivity contribution in [2.45, 2.75) is 52.1 Å². The SMILES string of the molecule is CCC(CC)N1C(=O)CC(Nc2ccc(F)cc2C)C1=O. The van der Waals surface area contributed by atoms with E-state index >= 15 is 0 Å². The van der Waals surface area contributed by atoms with Crippen LogP contribution in [0.2, 0.25) is 0 Å². The molecule has 5 heteroatoms. The van der Waals surface area contributed by atoms with Gasteiger partial charge in [-0.15, -0.1) is 0 Å². The summed E-state index contributed by atoms with van der Waals surface area (Å²) in [7, 11) is 0. The van der Waals surface area contributed by atoms with Gasteiger partial charge in [0.25, 0.3) is 5.91 Å². The molecule has 1 aromatic carbocycles. The molecule has 21 heavy (non-hydrogen) atoms. The van der Waals surface area contributed by atoms with E-state index in [0.717, 1.165) is 18.4 Å². The van der Waals surface area contributed by atoms with Crippen LogP contribution >= 0.6 is 0 Å². The van der Waals surface area contributed by atoms with Gasteiger partial charge in [0.1, 0.15) is 11.9 Å². The Kier molecular flexibility index (Phi) is 4.60. The topological polar surface area (TPSA) is 49.4 Å². The summed E-state index contributed by atoms with van der Waals surface area (Å²) in [5.41, 5.74) is 1.41. The first-order valence-corrected chi connectivity index (χ1v) is 7.36. The van der Waals surface area contributed by atoms with Gasteiger partial charge < -0.3 is 5.32 Å². The molecule has 1 fully saturated rings. The molecule has 114 valence electrons. The number of halogens is 1. The number of anilines is 1. The number of hydrogen-bond acceptors (Lipinski definition) is 3. The summed E-state index contributed by atoms with van der Waals surface area (Å²) in [5.74, 6) is -0.631. The Morgan fingerprint density at radius 1 is 1.33 bits per heavy atom. The zero-order chi connectivity index (χ0) is 15.6.